The Kier molecular flexibility index (Phi) is 23.0. The maximum absolute atomic E-state index is 2.51. The maximum atomic E-state index is 2.51. The van der Waals surface area contributed by atoms with Crippen molar-refractivity contribution in [2.45, 2.75) is 149 Å². The summed E-state index contributed by atoms with van der Waals surface area (Å²) in [5, 5.41) is 0. The summed E-state index contributed by atoms with van der Waals surface area (Å²) in [5.41, 5.74) is 0. The van der Waals surface area contributed by atoms with Gasteiger partial charge in [0.25, 0.3) is 0 Å². The summed E-state index contributed by atoms with van der Waals surface area (Å²) in [6.45, 7) is 4.58. The van der Waals surface area contributed by atoms with Gasteiger partial charge in [-0.3, -0.25) is 0 Å². The Hall–Kier alpha value is 0. The Bertz CT molecular complexity index is 174. The van der Waals surface area contributed by atoms with E-state index in [4.69, 9.17) is 0 Å². The van der Waals surface area contributed by atoms with Crippen LogP contribution in [0.1, 0.15) is 149 Å². The maximum Gasteiger partial charge on any atom is -0.0386 e. The molecule has 0 aliphatic heterocycles. The molecule has 145 valence electrons. The van der Waals surface area contributed by atoms with E-state index in [-0.39, 0.29) is 0 Å². The second-order valence-electron chi connectivity index (χ2n) is 7.88. The van der Waals surface area contributed by atoms with E-state index < -0.39 is 0 Å². The van der Waals surface area contributed by atoms with E-state index in [2.05, 4.69) is 20.3 Å². The van der Waals surface area contributed by atoms with Crippen LogP contribution in [0.5, 0.6) is 0 Å². The van der Waals surface area contributed by atoms with Crippen LogP contribution in [0.2, 0.25) is 0 Å². The minimum Gasteiger partial charge on any atom is -0.0654 e. The lowest BCUT2D eigenvalue weighted by molar-refractivity contribution is 0.526. The van der Waals surface area contributed by atoms with Crippen molar-refractivity contribution in [3.8, 4) is 0 Å². The topological polar surface area (TPSA) is 0 Å². The molecule has 0 aromatic rings. The second-order valence-corrected chi connectivity index (χ2v) is 7.88. The molecule has 0 nitrogen and oxygen atoms in total. The summed E-state index contributed by atoms with van der Waals surface area (Å²) >= 11 is 0. The molecule has 0 heteroatoms. The van der Waals surface area contributed by atoms with Gasteiger partial charge < -0.3 is 0 Å². The fourth-order valence-corrected chi connectivity index (χ4v) is 3.51. The predicted molar refractivity (Wildman–Crippen MR) is 113 cm³/mol. The van der Waals surface area contributed by atoms with E-state index in [1.54, 1.807) is 0 Å². The molecular weight excluding hydrogens is 288 g/mol. The van der Waals surface area contributed by atoms with Crippen LogP contribution in [0.3, 0.4) is 0 Å². The third kappa shape index (κ3) is 22.0. The smallest absolute Gasteiger partial charge is 0.0386 e. The highest BCUT2D eigenvalue weighted by molar-refractivity contribution is 4.63. The molecule has 0 aromatic heterocycles. The zero-order valence-electron chi connectivity index (χ0n) is 17.4. The zero-order chi connectivity index (χ0) is 17.6. The van der Waals surface area contributed by atoms with Gasteiger partial charge in [0.15, 0.2) is 0 Å². The minimum absolute atomic E-state index is 1.34. The molecule has 1 radical (unpaired) electrons. The van der Waals surface area contributed by atoms with Gasteiger partial charge in [-0.15, -0.1) is 0 Å². The van der Waals surface area contributed by atoms with Crippen LogP contribution in [-0.2, 0) is 0 Å². The Morgan fingerprint density at radius 1 is 0.333 bits per heavy atom. The van der Waals surface area contributed by atoms with Crippen LogP contribution in [0.15, 0.2) is 0 Å². The van der Waals surface area contributed by atoms with E-state index in [9.17, 15) is 0 Å². The highest BCUT2D eigenvalue weighted by atomic mass is 14.0. The van der Waals surface area contributed by atoms with E-state index in [1.807, 2.05) is 0 Å². The molecule has 0 bridgehead atoms. The summed E-state index contributed by atoms with van der Waals surface area (Å²) < 4.78 is 0. The Morgan fingerprint density at radius 3 is 1.00 bits per heavy atom. The average molecular weight is 338 g/mol. The van der Waals surface area contributed by atoms with Crippen molar-refractivity contribution in [3.63, 3.8) is 0 Å². The van der Waals surface area contributed by atoms with Crippen molar-refractivity contribution in [2.24, 2.45) is 0 Å². The molecule has 0 atom stereocenters. The molecule has 0 amide bonds. The van der Waals surface area contributed by atoms with Gasteiger partial charge in [0.1, 0.15) is 0 Å². The van der Waals surface area contributed by atoms with E-state index >= 15 is 0 Å². The molecule has 0 aliphatic carbocycles. The predicted octanol–water partition coefficient (Wildman–Crippen LogP) is 9.42. The van der Waals surface area contributed by atoms with Crippen molar-refractivity contribution < 1.29 is 0 Å². The van der Waals surface area contributed by atoms with Crippen LogP contribution in [-0.4, -0.2) is 0 Å². The first-order valence-corrected chi connectivity index (χ1v) is 11.7. The van der Waals surface area contributed by atoms with Crippen molar-refractivity contribution >= 4 is 0 Å². The molecule has 0 saturated carbocycles. The van der Waals surface area contributed by atoms with Crippen LogP contribution in [0, 0.1) is 6.42 Å². The van der Waals surface area contributed by atoms with Gasteiger partial charge in [0, 0.05) is 0 Å². The molecule has 0 aliphatic rings. The molecular formula is C24H49. The monoisotopic (exact) mass is 337 g/mol. The largest absolute Gasteiger partial charge is 0.0654 e. The molecule has 0 heterocycles. The highest BCUT2D eigenvalue weighted by Gasteiger charge is 1.95. The summed E-state index contributed by atoms with van der Waals surface area (Å²) in [6.07, 6.45) is 32.9. The number of hydrogen-bond donors (Lipinski definition) is 0. The third-order valence-electron chi connectivity index (χ3n) is 5.27. The lowest BCUT2D eigenvalue weighted by Gasteiger charge is -2.04. The molecule has 0 N–H and O–H groups in total. The first-order valence-electron chi connectivity index (χ1n) is 11.7. The highest BCUT2D eigenvalue weighted by Crippen LogP contribution is 2.14. The normalized spacial score (nSPS) is 11.2. The Labute approximate surface area is 155 Å². The number of unbranched alkanes of at least 4 members (excludes halogenated alkanes) is 21. The fraction of sp³-hybridized carbons (Fsp3) is 0.958. The van der Waals surface area contributed by atoms with Gasteiger partial charge in [-0.05, 0) is 6.42 Å². The minimum atomic E-state index is 1.34. The Morgan fingerprint density at radius 2 is 0.625 bits per heavy atom. The van der Waals surface area contributed by atoms with Crippen molar-refractivity contribution in [2.75, 3.05) is 0 Å². The SMILES string of the molecule is CCCC[CH]CCCCCCCCCCCCCCCCCCC. The van der Waals surface area contributed by atoms with E-state index in [0.717, 1.165) is 0 Å². The van der Waals surface area contributed by atoms with Gasteiger partial charge >= 0.3 is 0 Å². The standard InChI is InChI=1S/C24H49/c1-3-5-7-9-11-13-15-17-19-21-23-24-22-20-18-16-14-12-10-8-6-4-2/h9H,3-8,10-24H2,1-2H3. The number of hydrogen-bond acceptors (Lipinski definition) is 0. The van der Waals surface area contributed by atoms with Crippen LogP contribution in [0.25, 0.3) is 0 Å². The first kappa shape index (κ1) is 24.0. The van der Waals surface area contributed by atoms with Crippen LogP contribution >= 0.6 is 0 Å². The molecule has 0 fully saturated rings. The van der Waals surface area contributed by atoms with Crippen molar-refractivity contribution in [1.29, 1.82) is 0 Å². The van der Waals surface area contributed by atoms with Crippen molar-refractivity contribution in [1.82, 2.24) is 0 Å². The van der Waals surface area contributed by atoms with Crippen LogP contribution in [0.4, 0.5) is 0 Å². The lowest BCUT2D eigenvalue weighted by atomic mass is 10.0. The molecule has 24 heavy (non-hydrogen) atoms. The fourth-order valence-electron chi connectivity index (χ4n) is 3.51. The summed E-state index contributed by atoms with van der Waals surface area (Å²) in [4.78, 5) is 0. The summed E-state index contributed by atoms with van der Waals surface area (Å²) in [6, 6.07) is 0. The Balaban J connectivity index is 2.93. The summed E-state index contributed by atoms with van der Waals surface area (Å²) in [5.74, 6) is 0. The molecule has 0 unspecified atom stereocenters. The second kappa shape index (κ2) is 23.0. The molecule has 0 saturated heterocycles. The van der Waals surface area contributed by atoms with Gasteiger partial charge in [-0.2, -0.15) is 0 Å². The van der Waals surface area contributed by atoms with Gasteiger partial charge in [0.2, 0.25) is 0 Å². The molecule has 0 spiro atoms. The van der Waals surface area contributed by atoms with E-state index in [0.29, 0.717) is 0 Å². The van der Waals surface area contributed by atoms with Gasteiger partial charge in [0.05, 0.1) is 0 Å². The van der Waals surface area contributed by atoms with E-state index in [1.165, 1.54) is 135 Å². The lowest BCUT2D eigenvalue weighted by Crippen LogP contribution is -1.84. The van der Waals surface area contributed by atoms with Crippen LogP contribution < -0.4 is 0 Å². The zero-order valence-corrected chi connectivity index (χ0v) is 17.4. The first-order chi connectivity index (χ1) is 11.9. The average Bonchev–Trinajstić information content (AvgIpc) is 2.60. The molecule has 0 rings (SSSR count). The van der Waals surface area contributed by atoms with Gasteiger partial charge in [-0.1, -0.05) is 149 Å². The van der Waals surface area contributed by atoms with Gasteiger partial charge in [-0.25, -0.2) is 0 Å². The third-order valence-corrected chi connectivity index (χ3v) is 5.27. The summed E-state index contributed by atoms with van der Waals surface area (Å²) in [7, 11) is 0. The number of rotatable bonds is 21. The van der Waals surface area contributed by atoms with Crippen molar-refractivity contribution in [3.05, 3.63) is 6.42 Å². The quantitative estimate of drug-likeness (QED) is 0.183. The molecule has 0 aromatic carbocycles.